The summed E-state index contributed by atoms with van der Waals surface area (Å²) in [4.78, 5) is 20.7. The highest BCUT2D eigenvalue weighted by molar-refractivity contribution is 5.71. The van der Waals surface area contributed by atoms with Crippen LogP contribution in [0.2, 0.25) is 0 Å². The number of nitro groups is 2. The van der Waals surface area contributed by atoms with E-state index in [2.05, 4.69) is 5.32 Å². The normalized spacial score (nSPS) is 10.4. The predicted octanol–water partition coefficient (Wildman–Crippen LogP) is 3.28. The van der Waals surface area contributed by atoms with Gasteiger partial charge >= 0.3 is 0 Å². The summed E-state index contributed by atoms with van der Waals surface area (Å²) < 4.78 is 0. The molecule has 22 heavy (non-hydrogen) atoms. The Morgan fingerprint density at radius 3 is 2.09 bits per heavy atom. The van der Waals surface area contributed by atoms with Crippen LogP contribution in [0.4, 0.5) is 11.4 Å². The van der Waals surface area contributed by atoms with Crippen molar-refractivity contribution < 1.29 is 9.85 Å². The molecular weight excluding hydrogens is 286 g/mol. The van der Waals surface area contributed by atoms with E-state index < -0.39 is 9.85 Å². The van der Waals surface area contributed by atoms with Crippen molar-refractivity contribution in [3.8, 4) is 11.1 Å². The lowest BCUT2D eigenvalue weighted by molar-refractivity contribution is -0.384. The molecule has 0 saturated carbocycles. The van der Waals surface area contributed by atoms with Crippen LogP contribution in [0, 0.1) is 20.2 Å². The standard InChI is InChI=1S/C15H15N3O4/c1-2-16-10-12-5-8-14(18(21)22)9-15(12)11-3-6-13(7-4-11)17(19)20/h3-9,16H,2,10H2,1H3. The van der Waals surface area contributed by atoms with E-state index in [-0.39, 0.29) is 11.4 Å². The van der Waals surface area contributed by atoms with Crippen LogP contribution in [0.5, 0.6) is 0 Å². The number of nitrogens with zero attached hydrogens (tertiary/aromatic N) is 2. The van der Waals surface area contributed by atoms with Crippen LogP contribution in [-0.2, 0) is 6.54 Å². The van der Waals surface area contributed by atoms with Gasteiger partial charge in [0.05, 0.1) is 9.85 Å². The van der Waals surface area contributed by atoms with Crippen molar-refractivity contribution >= 4 is 11.4 Å². The highest BCUT2D eigenvalue weighted by Gasteiger charge is 2.13. The molecule has 2 aromatic carbocycles. The van der Waals surface area contributed by atoms with Crippen molar-refractivity contribution in [2.45, 2.75) is 13.5 Å². The maximum Gasteiger partial charge on any atom is 0.270 e. The van der Waals surface area contributed by atoms with Gasteiger partial charge in [0, 0.05) is 30.8 Å². The topological polar surface area (TPSA) is 98.3 Å². The predicted molar refractivity (Wildman–Crippen MR) is 82.6 cm³/mol. The summed E-state index contributed by atoms with van der Waals surface area (Å²) in [7, 11) is 0. The maximum atomic E-state index is 11.0. The Hall–Kier alpha value is -2.80. The zero-order valence-corrected chi connectivity index (χ0v) is 12.0. The van der Waals surface area contributed by atoms with E-state index >= 15 is 0 Å². The first-order valence-corrected chi connectivity index (χ1v) is 6.75. The molecule has 2 rings (SSSR count). The largest absolute Gasteiger partial charge is 0.313 e. The molecule has 0 unspecified atom stereocenters. The number of nitro benzene ring substituents is 2. The van der Waals surface area contributed by atoms with Crippen LogP contribution in [0.25, 0.3) is 11.1 Å². The van der Waals surface area contributed by atoms with Crippen LogP contribution in [0.3, 0.4) is 0 Å². The van der Waals surface area contributed by atoms with E-state index in [9.17, 15) is 20.2 Å². The summed E-state index contributed by atoms with van der Waals surface area (Å²) in [6, 6.07) is 10.7. The lowest BCUT2D eigenvalue weighted by atomic mass is 9.98. The number of benzene rings is 2. The molecule has 0 atom stereocenters. The van der Waals surface area contributed by atoms with Gasteiger partial charge in [-0.25, -0.2) is 0 Å². The fraction of sp³-hybridized carbons (Fsp3) is 0.200. The number of rotatable bonds is 6. The summed E-state index contributed by atoms with van der Waals surface area (Å²) in [5, 5.41) is 24.8. The summed E-state index contributed by atoms with van der Waals surface area (Å²) >= 11 is 0. The summed E-state index contributed by atoms with van der Waals surface area (Å²) in [5.74, 6) is 0. The van der Waals surface area contributed by atoms with Gasteiger partial charge in [-0.05, 0) is 35.4 Å². The molecule has 7 heteroatoms. The van der Waals surface area contributed by atoms with Gasteiger partial charge in [-0.1, -0.05) is 13.0 Å². The van der Waals surface area contributed by atoms with Crippen LogP contribution in [-0.4, -0.2) is 16.4 Å². The van der Waals surface area contributed by atoms with Crippen molar-refractivity contribution in [1.82, 2.24) is 5.32 Å². The highest BCUT2D eigenvalue weighted by Crippen LogP contribution is 2.29. The van der Waals surface area contributed by atoms with Gasteiger partial charge in [0.2, 0.25) is 0 Å². The Morgan fingerprint density at radius 2 is 1.55 bits per heavy atom. The molecule has 0 aromatic heterocycles. The fourth-order valence-corrected chi connectivity index (χ4v) is 2.12. The molecule has 0 fully saturated rings. The monoisotopic (exact) mass is 301 g/mol. The molecule has 0 aliphatic carbocycles. The quantitative estimate of drug-likeness (QED) is 0.652. The van der Waals surface area contributed by atoms with Gasteiger partial charge in [-0.2, -0.15) is 0 Å². The van der Waals surface area contributed by atoms with Gasteiger partial charge in [0.25, 0.3) is 11.4 Å². The Morgan fingerprint density at radius 1 is 0.955 bits per heavy atom. The highest BCUT2D eigenvalue weighted by atomic mass is 16.6. The van der Waals surface area contributed by atoms with E-state index in [0.29, 0.717) is 17.7 Å². The molecule has 0 aliphatic heterocycles. The summed E-state index contributed by atoms with van der Waals surface area (Å²) in [5.41, 5.74) is 2.30. The number of nitrogens with one attached hydrogen (secondary N) is 1. The molecule has 114 valence electrons. The van der Waals surface area contributed by atoms with E-state index in [1.807, 2.05) is 6.92 Å². The van der Waals surface area contributed by atoms with Crippen molar-refractivity contribution in [3.05, 3.63) is 68.3 Å². The molecule has 7 nitrogen and oxygen atoms in total. The average molecular weight is 301 g/mol. The second kappa shape index (κ2) is 6.77. The van der Waals surface area contributed by atoms with Crippen LogP contribution in [0.1, 0.15) is 12.5 Å². The Kier molecular flexibility index (Phi) is 4.80. The SMILES string of the molecule is CCNCc1ccc([N+](=O)[O-])cc1-c1ccc([N+](=O)[O-])cc1. The van der Waals surface area contributed by atoms with E-state index in [1.165, 1.54) is 24.3 Å². The first kappa shape index (κ1) is 15.6. The minimum atomic E-state index is -0.475. The van der Waals surface area contributed by atoms with Gasteiger partial charge in [0.15, 0.2) is 0 Å². The molecule has 0 radical (unpaired) electrons. The summed E-state index contributed by atoms with van der Waals surface area (Å²) in [6.45, 7) is 3.31. The third kappa shape index (κ3) is 3.44. The Balaban J connectivity index is 2.47. The zero-order chi connectivity index (χ0) is 16.1. The fourth-order valence-electron chi connectivity index (χ4n) is 2.12. The third-order valence-corrected chi connectivity index (χ3v) is 3.26. The maximum absolute atomic E-state index is 11.0. The van der Waals surface area contributed by atoms with Crippen LogP contribution < -0.4 is 5.32 Å². The Bertz CT molecular complexity index is 698. The lowest BCUT2D eigenvalue weighted by Crippen LogP contribution is -2.12. The first-order chi connectivity index (χ1) is 10.5. The first-order valence-electron chi connectivity index (χ1n) is 6.75. The van der Waals surface area contributed by atoms with Crippen molar-refractivity contribution in [2.75, 3.05) is 6.54 Å². The second-order valence-corrected chi connectivity index (χ2v) is 4.68. The smallest absolute Gasteiger partial charge is 0.270 e. The number of hydrogen-bond acceptors (Lipinski definition) is 5. The second-order valence-electron chi connectivity index (χ2n) is 4.68. The average Bonchev–Trinajstić information content (AvgIpc) is 2.52. The van der Waals surface area contributed by atoms with E-state index in [4.69, 9.17) is 0 Å². The van der Waals surface area contributed by atoms with Gasteiger partial charge in [0.1, 0.15) is 0 Å². The van der Waals surface area contributed by atoms with E-state index in [1.54, 1.807) is 18.2 Å². The van der Waals surface area contributed by atoms with Gasteiger partial charge in [-0.15, -0.1) is 0 Å². The zero-order valence-electron chi connectivity index (χ0n) is 12.0. The molecule has 2 aromatic rings. The lowest BCUT2D eigenvalue weighted by Gasteiger charge is -2.10. The van der Waals surface area contributed by atoms with Crippen LogP contribution in [0.15, 0.2) is 42.5 Å². The number of non-ortho nitro benzene ring substituents is 2. The molecule has 0 bridgehead atoms. The third-order valence-electron chi connectivity index (χ3n) is 3.26. The van der Waals surface area contributed by atoms with Crippen molar-refractivity contribution in [1.29, 1.82) is 0 Å². The summed E-state index contributed by atoms with van der Waals surface area (Å²) in [6.07, 6.45) is 0. The molecule has 1 N–H and O–H groups in total. The molecule has 0 amide bonds. The molecule has 0 spiro atoms. The Labute approximate surface area is 126 Å². The van der Waals surface area contributed by atoms with E-state index in [0.717, 1.165) is 12.1 Å². The van der Waals surface area contributed by atoms with Crippen LogP contribution >= 0.6 is 0 Å². The molecular formula is C15H15N3O4. The molecule has 0 aliphatic rings. The number of hydrogen-bond donors (Lipinski definition) is 1. The minimum Gasteiger partial charge on any atom is -0.313 e. The molecule has 0 saturated heterocycles. The van der Waals surface area contributed by atoms with Crippen molar-refractivity contribution in [2.24, 2.45) is 0 Å². The van der Waals surface area contributed by atoms with Crippen molar-refractivity contribution in [3.63, 3.8) is 0 Å². The molecule has 0 heterocycles. The minimum absolute atomic E-state index is 0.00592. The van der Waals surface area contributed by atoms with Gasteiger partial charge in [-0.3, -0.25) is 20.2 Å². The van der Waals surface area contributed by atoms with Gasteiger partial charge < -0.3 is 5.32 Å².